The molecule has 138 valence electrons. The van der Waals surface area contributed by atoms with Gasteiger partial charge in [-0.3, -0.25) is 4.90 Å². The van der Waals surface area contributed by atoms with Crippen LogP contribution in [0.3, 0.4) is 0 Å². The SMILES string of the molecule is CCCCCCCCCCCCC(c1ccccc1)N(CC)CC. The van der Waals surface area contributed by atoms with E-state index in [9.17, 15) is 0 Å². The summed E-state index contributed by atoms with van der Waals surface area (Å²) in [6, 6.07) is 11.7. The first-order valence-electron chi connectivity index (χ1n) is 10.6. The van der Waals surface area contributed by atoms with E-state index in [0.717, 1.165) is 13.1 Å². The molecular weight excluding hydrogens is 290 g/mol. The number of rotatable bonds is 15. The minimum atomic E-state index is 0.607. The van der Waals surface area contributed by atoms with Gasteiger partial charge in [0.15, 0.2) is 0 Å². The van der Waals surface area contributed by atoms with Gasteiger partial charge in [0.2, 0.25) is 0 Å². The van der Waals surface area contributed by atoms with Crippen LogP contribution in [-0.4, -0.2) is 18.0 Å². The molecule has 0 aliphatic heterocycles. The normalized spacial score (nSPS) is 12.7. The average molecular weight is 332 g/mol. The largest absolute Gasteiger partial charge is 0.297 e. The van der Waals surface area contributed by atoms with E-state index in [4.69, 9.17) is 0 Å². The molecule has 0 bridgehead atoms. The summed E-state index contributed by atoms with van der Waals surface area (Å²) in [4.78, 5) is 2.61. The molecule has 0 fully saturated rings. The standard InChI is InChI=1S/C23H41N/c1-4-7-8-9-10-11-12-13-14-18-21-23(24(5-2)6-3)22-19-16-15-17-20-22/h15-17,19-20,23H,4-14,18,21H2,1-3H3. The van der Waals surface area contributed by atoms with E-state index >= 15 is 0 Å². The Hall–Kier alpha value is -0.820. The van der Waals surface area contributed by atoms with Crippen LogP contribution in [0, 0.1) is 0 Å². The first-order valence-corrected chi connectivity index (χ1v) is 10.6. The molecular formula is C23H41N. The summed E-state index contributed by atoms with van der Waals surface area (Å²) in [5, 5.41) is 0. The molecule has 0 N–H and O–H groups in total. The molecule has 1 atom stereocenters. The molecule has 0 spiro atoms. The van der Waals surface area contributed by atoms with Crippen molar-refractivity contribution in [1.29, 1.82) is 0 Å². The van der Waals surface area contributed by atoms with Crippen LogP contribution in [0.25, 0.3) is 0 Å². The molecule has 0 saturated heterocycles. The van der Waals surface area contributed by atoms with Crippen LogP contribution in [0.15, 0.2) is 30.3 Å². The Bertz CT molecular complexity index is 369. The van der Waals surface area contributed by atoms with Crippen LogP contribution in [0.4, 0.5) is 0 Å². The maximum atomic E-state index is 2.61. The van der Waals surface area contributed by atoms with Crippen molar-refractivity contribution in [3.8, 4) is 0 Å². The number of benzene rings is 1. The lowest BCUT2D eigenvalue weighted by atomic mass is 9.98. The number of hydrogen-bond donors (Lipinski definition) is 0. The van der Waals surface area contributed by atoms with Gasteiger partial charge in [0.05, 0.1) is 0 Å². The molecule has 0 aliphatic carbocycles. The van der Waals surface area contributed by atoms with Crippen LogP contribution >= 0.6 is 0 Å². The second-order valence-electron chi connectivity index (χ2n) is 7.12. The zero-order valence-corrected chi connectivity index (χ0v) is 16.6. The van der Waals surface area contributed by atoms with Gasteiger partial charge in [-0.2, -0.15) is 0 Å². The third-order valence-electron chi connectivity index (χ3n) is 5.27. The summed E-state index contributed by atoms with van der Waals surface area (Å²) in [5.41, 5.74) is 1.50. The Balaban J connectivity index is 2.21. The third kappa shape index (κ3) is 8.87. The van der Waals surface area contributed by atoms with E-state index in [0.29, 0.717) is 6.04 Å². The first-order chi connectivity index (χ1) is 11.8. The van der Waals surface area contributed by atoms with Crippen LogP contribution < -0.4 is 0 Å². The zero-order chi connectivity index (χ0) is 17.5. The lowest BCUT2D eigenvalue weighted by molar-refractivity contribution is 0.204. The average Bonchev–Trinajstić information content (AvgIpc) is 2.63. The molecule has 1 aromatic carbocycles. The van der Waals surface area contributed by atoms with Gasteiger partial charge >= 0.3 is 0 Å². The molecule has 1 nitrogen and oxygen atoms in total. The minimum absolute atomic E-state index is 0.607. The molecule has 1 aromatic rings. The predicted octanol–water partition coefficient (Wildman–Crippen LogP) is 7.38. The topological polar surface area (TPSA) is 3.24 Å². The van der Waals surface area contributed by atoms with Crippen molar-refractivity contribution < 1.29 is 0 Å². The maximum absolute atomic E-state index is 2.61. The first kappa shape index (κ1) is 21.2. The van der Waals surface area contributed by atoms with Crippen molar-refractivity contribution in [3.63, 3.8) is 0 Å². The van der Waals surface area contributed by atoms with Gasteiger partial charge in [0, 0.05) is 6.04 Å². The van der Waals surface area contributed by atoms with E-state index in [1.54, 1.807) is 0 Å². The van der Waals surface area contributed by atoms with Gasteiger partial charge in [-0.05, 0) is 25.1 Å². The fraction of sp³-hybridized carbons (Fsp3) is 0.739. The fourth-order valence-electron chi connectivity index (χ4n) is 3.72. The quantitative estimate of drug-likeness (QED) is 0.303. The Labute approximate surface area is 151 Å². The van der Waals surface area contributed by atoms with E-state index in [1.165, 1.54) is 76.2 Å². The summed E-state index contributed by atoms with van der Waals surface area (Å²) < 4.78 is 0. The highest BCUT2D eigenvalue weighted by atomic mass is 15.1. The highest BCUT2D eigenvalue weighted by Gasteiger charge is 2.16. The Morgan fingerprint density at radius 3 is 1.67 bits per heavy atom. The summed E-state index contributed by atoms with van der Waals surface area (Å²) in [5.74, 6) is 0. The van der Waals surface area contributed by atoms with Crippen molar-refractivity contribution in [2.45, 2.75) is 97.4 Å². The molecule has 1 heteroatoms. The van der Waals surface area contributed by atoms with Gasteiger partial charge in [0.1, 0.15) is 0 Å². The second-order valence-corrected chi connectivity index (χ2v) is 7.12. The van der Waals surface area contributed by atoms with Gasteiger partial charge in [0.25, 0.3) is 0 Å². The Kier molecular flexibility index (Phi) is 12.8. The molecule has 0 radical (unpaired) electrons. The van der Waals surface area contributed by atoms with E-state index < -0.39 is 0 Å². The Morgan fingerprint density at radius 1 is 0.667 bits per heavy atom. The van der Waals surface area contributed by atoms with Crippen LogP contribution in [-0.2, 0) is 0 Å². The van der Waals surface area contributed by atoms with E-state index in [2.05, 4.69) is 56.0 Å². The van der Waals surface area contributed by atoms with Gasteiger partial charge in [-0.1, -0.05) is 115 Å². The number of hydrogen-bond acceptors (Lipinski definition) is 1. The second kappa shape index (κ2) is 14.5. The van der Waals surface area contributed by atoms with Crippen LogP contribution in [0.1, 0.15) is 103 Å². The van der Waals surface area contributed by atoms with E-state index in [1.807, 2.05) is 0 Å². The minimum Gasteiger partial charge on any atom is -0.297 e. The van der Waals surface area contributed by atoms with Gasteiger partial charge < -0.3 is 0 Å². The molecule has 0 saturated carbocycles. The summed E-state index contributed by atoms with van der Waals surface area (Å²) in [6.07, 6.45) is 15.5. The maximum Gasteiger partial charge on any atom is 0.0347 e. The smallest absolute Gasteiger partial charge is 0.0347 e. The van der Waals surface area contributed by atoms with Crippen molar-refractivity contribution in [2.75, 3.05) is 13.1 Å². The number of unbranched alkanes of at least 4 members (excludes halogenated alkanes) is 9. The highest BCUT2D eigenvalue weighted by molar-refractivity contribution is 5.19. The van der Waals surface area contributed by atoms with Gasteiger partial charge in [-0.25, -0.2) is 0 Å². The monoisotopic (exact) mass is 331 g/mol. The highest BCUT2D eigenvalue weighted by Crippen LogP contribution is 2.26. The molecule has 0 aromatic heterocycles. The molecule has 0 aliphatic rings. The van der Waals surface area contributed by atoms with E-state index in [-0.39, 0.29) is 0 Å². The number of nitrogens with zero attached hydrogens (tertiary/aromatic N) is 1. The van der Waals surface area contributed by atoms with Crippen molar-refractivity contribution in [2.24, 2.45) is 0 Å². The lowest BCUT2D eigenvalue weighted by Crippen LogP contribution is -2.28. The molecule has 1 rings (SSSR count). The van der Waals surface area contributed by atoms with Crippen LogP contribution in [0.5, 0.6) is 0 Å². The summed E-state index contributed by atoms with van der Waals surface area (Å²) in [7, 11) is 0. The van der Waals surface area contributed by atoms with Crippen molar-refractivity contribution >= 4 is 0 Å². The lowest BCUT2D eigenvalue weighted by Gasteiger charge is -2.30. The fourth-order valence-corrected chi connectivity index (χ4v) is 3.72. The van der Waals surface area contributed by atoms with Crippen molar-refractivity contribution in [3.05, 3.63) is 35.9 Å². The molecule has 0 amide bonds. The molecule has 24 heavy (non-hydrogen) atoms. The Morgan fingerprint density at radius 2 is 1.17 bits per heavy atom. The predicted molar refractivity (Wildman–Crippen MR) is 109 cm³/mol. The zero-order valence-electron chi connectivity index (χ0n) is 16.6. The molecule has 0 heterocycles. The third-order valence-corrected chi connectivity index (χ3v) is 5.27. The summed E-state index contributed by atoms with van der Waals surface area (Å²) >= 11 is 0. The van der Waals surface area contributed by atoms with Crippen molar-refractivity contribution in [1.82, 2.24) is 4.90 Å². The summed E-state index contributed by atoms with van der Waals surface area (Å²) in [6.45, 7) is 9.17. The molecule has 1 unspecified atom stereocenters. The van der Waals surface area contributed by atoms with Gasteiger partial charge in [-0.15, -0.1) is 0 Å². The van der Waals surface area contributed by atoms with Crippen LogP contribution in [0.2, 0.25) is 0 Å².